The molecule has 4 heteroatoms. The van der Waals surface area contributed by atoms with Gasteiger partial charge in [-0.15, -0.1) is 0 Å². The average Bonchev–Trinajstić information content (AvgIpc) is 2.38. The number of hydrogen-bond donors (Lipinski definition) is 1. The van der Waals surface area contributed by atoms with Gasteiger partial charge in [-0.1, -0.05) is 19.9 Å². The van der Waals surface area contributed by atoms with Crippen LogP contribution in [0.3, 0.4) is 0 Å². The molecule has 0 amide bonds. The fourth-order valence-electron chi connectivity index (χ4n) is 1.95. The van der Waals surface area contributed by atoms with Gasteiger partial charge < -0.3 is 14.8 Å². The summed E-state index contributed by atoms with van der Waals surface area (Å²) >= 11 is 3.53. The molecule has 0 atom stereocenters. The van der Waals surface area contributed by atoms with E-state index in [-0.39, 0.29) is 0 Å². The molecular formula is C15H24BrNO2. The van der Waals surface area contributed by atoms with Crippen molar-refractivity contribution in [2.75, 3.05) is 27.3 Å². The second kappa shape index (κ2) is 8.43. The summed E-state index contributed by atoms with van der Waals surface area (Å²) < 4.78 is 11.6. The minimum atomic E-state index is 0.699. The van der Waals surface area contributed by atoms with E-state index in [2.05, 4.69) is 41.2 Å². The van der Waals surface area contributed by atoms with Crippen LogP contribution in [0.2, 0.25) is 0 Å². The lowest BCUT2D eigenvalue weighted by Gasteiger charge is -2.13. The summed E-state index contributed by atoms with van der Waals surface area (Å²) in [5.74, 6) is 2.38. The highest BCUT2D eigenvalue weighted by molar-refractivity contribution is 9.10. The summed E-state index contributed by atoms with van der Waals surface area (Å²) in [6, 6.07) is 4.05. The Hall–Kier alpha value is -0.740. The van der Waals surface area contributed by atoms with Gasteiger partial charge >= 0.3 is 0 Å². The van der Waals surface area contributed by atoms with Crippen molar-refractivity contribution in [1.29, 1.82) is 0 Å². The van der Waals surface area contributed by atoms with Gasteiger partial charge in [0.1, 0.15) is 16.0 Å². The molecule has 0 saturated carbocycles. The van der Waals surface area contributed by atoms with Crippen molar-refractivity contribution in [3.63, 3.8) is 0 Å². The van der Waals surface area contributed by atoms with Gasteiger partial charge in [-0.05, 0) is 59.4 Å². The number of aryl methyl sites for hydroxylation is 1. The molecule has 0 fully saturated rings. The molecule has 108 valence electrons. The van der Waals surface area contributed by atoms with Gasteiger partial charge in [0, 0.05) is 0 Å². The molecule has 1 N–H and O–H groups in total. The minimum Gasteiger partial charge on any atom is -0.495 e. The Bertz CT molecular complexity index is 394. The number of nitrogens with one attached hydrogen (secondary N) is 1. The van der Waals surface area contributed by atoms with Crippen molar-refractivity contribution in [3.05, 3.63) is 22.2 Å². The Balaban J connectivity index is 2.56. The van der Waals surface area contributed by atoms with Gasteiger partial charge in [-0.25, -0.2) is 0 Å². The van der Waals surface area contributed by atoms with E-state index in [1.54, 1.807) is 14.2 Å². The molecule has 0 radical (unpaired) electrons. The maximum atomic E-state index is 5.47. The first kappa shape index (κ1) is 16.3. The van der Waals surface area contributed by atoms with Gasteiger partial charge in [0.05, 0.1) is 14.2 Å². The van der Waals surface area contributed by atoms with Crippen molar-refractivity contribution in [2.45, 2.75) is 26.7 Å². The molecule has 1 rings (SSSR count). The highest BCUT2D eigenvalue weighted by Crippen LogP contribution is 2.37. The van der Waals surface area contributed by atoms with Crippen LogP contribution in [0, 0.1) is 5.92 Å². The third kappa shape index (κ3) is 5.03. The SMILES string of the molecule is COc1ccc(CCCNCC(C)C)c(OC)c1Br. The molecule has 1 aromatic rings. The zero-order valence-corrected chi connectivity index (χ0v) is 13.8. The van der Waals surface area contributed by atoms with Gasteiger partial charge in [0.25, 0.3) is 0 Å². The lowest BCUT2D eigenvalue weighted by Crippen LogP contribution is -2.21. The summed E-state index contributed by atoms with van der Waals surface area (Å²) in [6.07, 6.45) is 2.10. The van der Waals surface area contributed by atoms with Crippen molar-refractivity contribution in [3.8, 4) is 11.5 Å². The van der Waals surface area contributed by atoms with Crippen molar-refractivity contribution < 1.29 is 9.47 Å². The third-order valence-electron chi connectivity index (χ3n) is 2.92. The molecule has 19 heavy (non-hydrogen) atoms. The number of methoxy groups -OCH3 is 2. The standard InChI is InChI=1S/C15H24BrNO2/c1-11(2)10-17-9-5-6-12-7-8-13(18-3)14(16)15(12)19-4/h7-8,11,17H,5-6,9-10H2,1-4H3. The van der Waals surface area contributed by atoms with E-state index in [0.29, 0.717) is 5.92 Å². The van der Waals surface area contributed by atoms with Crippen molar-refractivity contribution in [2.24, 2.45) is 5.92 Å². The molecule has 0 aromatic heterocycles. The predicted molar refractivity (Wildman–Crippen MR) is 83.3 cm³/mol. The van der Waals surface area contributed by atoms with E-state index in [4.69, 9.17) is 9.47 Å². The Morgan fingerprint density at radius 3 is 2.53 bits per heavy atom. The van der Waals surface area contributed by atoms with Crippen molar-refractivity contribution in [1.82, 2.24) is 5.32 Å². The van der Waals surface area contributed by atoms with E-state index in [9.17, 15) is 0 Å². The van der Waals surface area contributed by atoms with E-state index < -0.39 is 0 Å². The summed E-state index contributed by atoms with van der Waals surface area (Å²) in [6.45, 7) is 6.54. The Morgan fingerprint density at radius 2 is 1.95 bits per heavy atom. The van der Waals surface area contributed by atoms with Gasteiger partial charge in [-0.3, -0.25) is 0 Å². The largest absolute Gasteiger partial charge is 0.495 e. The number of ether oxygens (including phenoxy) is 2. The molecular weight excluding hydrogens is 306 g/mol. The number of rotatable bonds is 8. The van der Waals surface area contributed by atoms with E-state index >= 15 is 0 Å². The molecule has 0 aliphatic rings. The third-order valence-corrected chi connectivity index (χ3v) is 3.67. The summed E-state index contributed by atoms with van der Waals surface area (Å²) in [5, 5.41) is 3.45. The normalized spacial score (nSPS) is 10.8. The Labute approximate surface area is 124 Å². The fraction of sp³-hybridized carbons (Fsp3) is 0.600. The van der Waals surface area contributed by atoms with Crippen LogP contribution in [-0.2, 0) is 6.42 Å². The van der Waals surface area contributed by atoms with Gasteiger partial charge in [-0.2, -0.15) is 0 Å². The average molecular weight is 330 g/mol. The topological polar surface area (TPSA) is 30.5 Å². The maximum absolute atomic E-state index is 5.47. The zero-order chi connectivity index (χ0) is 14.3. The first-order valence-electron chi connectivity index (χ1n) is 6.70. The van der Waals surface area contributed by atoms with Gasteiger partial charge in [0.2, 0.25) is 0 Å². The summed E-state index contributed by atoms with van der Waals surface area (Å²) in [4.78, 5) is 0. The predicted octanol–water partition coefficient (Wildman–Crippen LogP) is 3.64. The molecule has 0 unspecified atom stereocenters. The van der Waals surface area contributed by atoms with Crippen LogP contribution in [0.15, 0.2) is 16.6 Å². The molecule has 0 heterocycles. The van der Waals surface area contributed by atoms with Crippen LogP contribution < -0.4 is 14.8 Å². The lowest BCUT2D eigenvalue weighted by molar-refractivity contribution is 0.385. The quantitative estimate of drug-likeness (QED) is 0.738. The van der Waals surface area contributed by atoms with Crippen LogP contribution in [-0.4, -0.2) is 27.3 Å². The first-order valence-corrected chi connectivity index (χ1v) is 7.49. The summed E-state index contributed by atoms with van der Waals surface area (Å²) in [5.41, 5.74) is 1.21. The molecule has 3 nitrogen and oxygen atoms in total. The second-order valence-corrected chi connectivity index (χ2v) is 5.77. The molecule has 0 aliphatic carbocycles. The van der Waals surface area contributed by atoms with Crippen LogP contribution in [0.25, 0.3) is 0 Å². The second-order valence-electron chi connectivity index (χ2n) is 4.98. The molecule has 1 aromatic carbocycles. The molecule has 0 spiro atoms. The maximum Gasteiger partial charge on any atom is 0.139 e. The number of halogens is 1. The smallest absolute Gasteiger partial charge is 0.139 e. The molecule has 0 bridgehead atoms. The van der Waals surface area contributed by atoms with E-state index in [0.717, 1.165) is 41.9 Å². The summed E-state index contributed by atoms with van der Waals surface area (Å²) in [7, 11) is 3.36. The highest BCUT2D eigenvalue weighted by atomic mass is 79.9. The zero-order valence-electron chi connectivity index (χ0n) is 12.3. The highest BCUT2D eigenvalue weighted by Gasteiger charge is 2.12. The monoisotopic (exact) mass is 329 g/mol. The molecule has 0 aliphatic heterocycles. The fourth-order valence-corrected chi connectivity index (χ4v) is 2.66. The number of benzene rings is 1. The van der Waals surface area contributed by atoms with Gasteiger partial charge in [0.15, 0.2) is 0 Å². The van der Waals surface area contributed by atoms with Crippen LogP contribution >= 0.6 is 15.9 Å². The van der Waals surface area contributed by atoms with Crippen LogP contribution in [0.5, 0.6) is 11.5 Å². The lowest BCUT2D eigenvalue weighted by atomic mass is 10.1. The van der Waals surface area contributed by atoms with E-state index in [1.165, 1.54) is 5.56 Å². The van der Waals surface area contributed by atoms with Crippen LogP contribution in [0.1, 0.15) is 25.8 Å². The van der Waals surface area contributed by atoms with E-state index in [1.807, 2.05) is 6.07 Å². The minimum absolute atomic E-state index is 0.699. The number of hydrogen-bond acceptors (Lipinski definition) is 3. The van der Waals surface area contributed by atoms with Crippen molar-refractivity contribution >= 4 is 15.9 Å². The van der Waals surface area contributed by atoms with Crippen LogP contribution in [0.4, 0.5) is 0 Å². The molecule has 0 saturated heterocycles. The first-order chi connectivity index (χ1) is 9.10. The Morgan fingerprint density at radius 1 is 1.21 bits per heavy atom. The Kier molecular flexibility index (Phi) is 7.24.